The molecule has 0 bridgehead atoms. The fraction of sp³-hybridized carbons (Fsp3) is 0.381. The van der Waals surface area contributed by atoms with E-state index in [9.17, 15) is 13.6 Å². The van der Waals surface area contributed by atoms with Crippen molar-refractivity contribution in [3.8, 4) is 22.6 Å². The Labute approximate surface area is 151 Å². The van der Waals surface area contributed by atoms with Gasteiger partial charge in [0.15, 0.2) is 11.6 Å². The molecule has 0 amide bonds. The van der Waals surface area contributed by atoms with Gasteiger partial charge in [0.1, 0.15) is 17.3 Å². The lowest BCUT2D eigenvalue weighted by molar-refractivity contribution is -0.118. The van der Waals surface area contributed by atoms with E-state index < -0.39 is 11.6 Å². The predicted molar refractivity (Wildman–Crippen MR) is 95.3 cm³/mol. The zero-order valence-electron chi connectivity index (χ0n) is 15.1. The number of rotatable bonds is 7. The molecule has 0 spiro atoms. The SMILES string of the molecule is CC(=O)C1CC1COc1ccc(-c2c(F)ccc(OC(C)C)c2F)cc1. The van der Waals surface area contributed by atoms with Gasteiger partial charge in [-0.3, -0.25) is 4.79 Å². The molecule has 1 aliphatic rings. The average Bonchev–Trinajstić information content (AvgIpc) is 3.37. The number of ketones is 1. The fourth-order valence-corrected chi connectivity index (χ4v) is 2.99. The number of benzene rings is 2. The first-order valence-corrected chi connectivity index (χ1v) is 8.75. The van der Waals surface area contributed by atoms with Crippen LogP contribution in [-0.2, 0) is 4.79 Å². The summed E-state index contributed by atoms with van der Waals surface area (Å²) in [6.07, 6.45) is 0.659. The average molecular weight is 360 g/mol. The molecule has 1 saturated carbocycles. The lowest BCUT2D eigenvalue weighted by Crippen LogP contribution is -2.08. The summed E-state index contributed by atoms with van der Waals surface area (Å²) in [5, 5.41) is 0. The number of Topliss-reactive ketones (excluding diaryl/α,β-unsaturated/α-hetero) is 1. The second-order valence-corrected chi connectivity index (χ2v) is 6.95. The highest BCUT2D eigenvalue weighted by Gasteiger charge is 2.41. The molecular formula is C21H22F2O3. The predicted octanol–water partition coefficient (Wildman–Crippen LogP) is 5.02. The Morgan fingerprint density at radius 1 is 1.15 bits per heavy atom. The quantitative estimate of drug-likeness (QED) is 0.695. The summed E-state index contributed by atoms with van der Waals surface area (Å²) in [7, 11) is 0. The van der Waals surface area contributed by atoms with Gasteiger partial charge in [-0.05, 0) is 57.0 Å². The van der Waals surface area contributed by atoms with Gasteiger partial charge in [0.2, 0.25) is 0 Å². The molecule has 26 heavy (non-hydrogen) atoms. The highest BCUT2D eigenvalue weighted by atomic mass is 19.1. The van der Waals surface area contributed by atoms with Crippen LogP contribution in [0.4, 0.5) is 8.78 Å². The van der Waals surface area contributed by atoms with E-state index in [4.69, 9.17) is 9.47 Å². The molecule has 138 valence electrons. The molecule has 2 unspecified atom stereocenters. The van der Waals surface area contributed by atoms with Crippen molar-refractivity contribution in [2.45, 2.75) is 33.3 Å². The molecule has 0 heterocycles. The monoisotopic (exact) mass is 360 g/mol. The van der Waals surface area contributed by atoms with Gasteiger partial charge in [0, 0.05) is 11.8 Å². The Kier molecular flexibility index (Phi) is 5.25. The number of hydrogen-bond acceptors (Lipinski definition) is 3. The summed E-state index contributed by atoms with van der Waals surface area (Å²) in [6, 6.07) is 9.09. The van der Waals surface area contributed by atoms with Crippen LogP contribution in [0, 0.1) is 23.5 Å². The molecule has 1 fully saturated rings. The van der Waals surface area contributed by atoms with Crippen molar-refractivity contribution in [1.29, 1.82) is 0 Å². The van der Waals surface area contributed by atoms with Crippen molar-refractivity contribution in [3.63, 3.8) is 0 Å². The van der Waals surface area contributed by atoms with Crippen molar-refractivity contribution >= 4 is 5.78 Å². The van der Waals surface area contributed by atoms with Crippen molar-refractivity contribution in [2.24, 2.45) is 11.8 Å². The first-order valence-electron chi connectivity index (χ1n) is 8.75. The summed E-state index contributed by atoms with van der Waals surface area (Å²) in [5.74, 6) is -0.139. The molecule has 0 aromatic heterocycles. The number of carbonyl (C=O) groups is 1. The minimum atomic E-state index is -0.713. The summed E-state index contributed by atoms with van der Waals surface area (Å²) < 4.78 is 39.9. The topological polar surface area (TPSA) is 35.5 Å². The minimum Gasteiger partial charge on any atom is -0.493 e. The number of carbonyl (C=O) groups excluding carboxylic acids is 1. The van der Waals surface area contributed by atoms with Crippen molar-refractivity contribution < 1.29 is 23.0 Å². The molecule has 0 saturated heterocycles. The summed E-state index contributed by atoms with van der Waals surface area (Å²) in [4.78, 5) is 11.3. The van der Waals surface area contributed by atoms with Gasteiger partial charge in [-0.2, -0.15) is 0 Å². The van der Waals surface area contributed by atoms with Gasteiger partial charge in [0.05, 0.1) is 18.3 Å². The molecule has 3 nitrogen and oxygen atoms in total. The number of ether oxygens (including phenoxy) is 2. The Morgan fingerprint density at radius 3 is 2.42 bits per heavy atom. The van der Waals surface area contributed by atoms with Crippen LogP contribution < -0.4 is 9.47 Å². The van der Waals surface area contributed by atoms with Crippen molar-refractivity contribution in [3.05, 3.63) is 48.0 Å². The zero-order valence-corrected chi connectivity index (χ0v) is 15.1. The maximum absolute atomic E-state index is 14.6. The van der Waals surface area contributed by atoms with E-state index in [2.05, 4.69) is 0 Å². The van der Waals surface area contributed by atoms with Crippen LogP contribution in [0.2, 0.25) is 0 Å². The lowest BCUT2D eigenvalue weighted by atomic mass is 10.0. The van der Waals surface area contributed by atoms with Crippen molar-refractivity contribution in [2.75, 3.05) is 6.61 Å². The molecule has 1 aliphatic carbocycles. The molecular weight excluding hydrogens is 338 g/mol. The number of hydrogen-bond donors (Lipinski definition) is 0. The van der Waals surface area contributed by atoms with E-state index in [-0.39, 0.29) is 35.0 Å². The zero-order chi connectivity index (χ0) is 18.8. The molecule has 5 heteroatoms. The third-order valence-electron chi connectivity index (χ3n) is 4.47. The third-order valence-corrected chi connectivity index (χ3v) is 4.47. The Hall–Kier alpha value is -2.43. The van der Waals surface area contributed by atoms with Gasteiger partial charge in [-0.1, -0.05) is 12.1 Å². The highest BCUT2D eigenvalue weighted by molar-refractivity contribution is 5.81. The van der Waals surface area contributed by atoms with E-state index in [1.807, 2.05) is 0 Å². The van der Waals surface area contributed by atoms with Crippen LogP contribution >= 0.6 is 0 Å². The van der Waals surface area contributed by atoms with Crippen LogP contribution in [0.3, 0.4) is 0 Å². The van der Waals surface area contributed by atoms with E-state index in [0.29, 0.717) is 17.9 Å². The van der Waals surface area contributed by atoms with Crippen LogP contribution in [-0.4, -0.2) is 18.5 Å². The molecule has 2 atom stereocenters. The van der Waals surface area contributed by atoms with Crippen LogP contribution in [0.15, 0.2) is 36.4 Å². The normalized spacial score (nSPS) is 18.7. The van der Waals surface area contributed by atoms with Gasteiger partial charge >= 0.3 is 0 Å². The van der Waals surface area contributed by atoms with Gasteiger partial charge < -0.3 is 9.47 Å². The Morgan fingerprint density at radius 2 is 1.85 bits per heavy atom. The van der Waals surface area contributed by atoms with Crippen molar-refractivity contribution in [1.82, 2.24) is 0 Å². The van der Waals surface area contributed by atoms with E-state index in [1.165, 1.54) is 12.1 Å². The molecule has 3 rings (SSSR count). The standard InChI is InChI=1S/C21H22F2O3/c1-12(2)26-19-9-8-18(22)20(21(19)23)14-4-6-16(7-5-14)25-11-15-10-17(15)13(3)24/h4-9,12,15,17H,10-11H2,1-3H3. The molecule has 0 N–H and O–H groups in total. The summed E-state index contributed by atoms with van der Waals surface area (Å²) in [5.41, 5.74) is 0.295. The summed E-state index contributed by atoms with van der Waals surface area (Å²) >= 11 is 0. The highest BCUT2D eigenvalue weighted by Crippen LogP contribution is 2.39. The first-order chi connectivity index (χ1) is 12.4. The van der Waals surface area contributed by atoms with E-state index >= 15 is 0 Å². The third kappa shape index (κ3) is 4.03. The lowest BCUT2D eigenvalue weighted by Gasteiger charge is -2.14. The fourth-order valence-electron chi connectivity index (χ4n) is 2.99. The van der Waals surface area contributed by atoms with Gasteiger partial charge in [-0.15, -0.1) is 0 Å². The van der Waals surface area contributed by atoms with Crippen LogP contribution in [0.5, 0.6) is 11.5 Å². The molecule has 0 radical (unpaired) electrons. The van der Waals surface area contributed by atoms with E-state index in [1.54, 1.807) is 45.0 Å². The smallest absolute Gasteiger partial charge is 0.175 e. The van der Waals surface area contributed by atoms with Gasteiger partial charge in [0.25, 0.3) is 0 Å². The second kappa shape index (κ2) is 7.44. The minimum absolute atomic E-state index is 0.0285. The largest absolute Gasteiger partial charge is 0.493 e. The first kappa shape index (κ1) is 18.4. The maximum Gasteiger partial charge on any atom is 0.175 e. The Bertz CT molecular complexity index is 800. The van der Waals surface area contributed by atoms with E-state index in [0.717, 1.165) is 6.42 Å². The van der Waals surface area contributed by atoms with Crippen LogP contribution in [0.1, 0.15) is 27.2 Å². The van der Waals surface area contributed by atoms with Crippen LogP contribution in [0.25, 0.3) is 11.1 Å². The maximum atomic E-state index is 14.6. The summed E-state index contributed by atoms with van der Waals surface area (Å²) in [6.45, 7) is 5.64. The molecule has 2 aromatic rings. The molecule has 0 aliphatic heterocycles. The van der Waals surface area contributed by atoms with Gasteiger partial charge in [-0.25, -0.2) is 8.78 Å². The second-order valence-electron chi connectivity index (χ2n) is 6.95. The molecule has 2 aromatic carbocycles. The Balaban J connectivity index is 1.73. The number of halogens is 2.